The molecule has 1 saturated carbocycles. The molecule has 0 aliphatic heterocycles. The predicted molar refractivity (Wildman–Crippen MR) is 82.3 cm³/mol. The minimum Gasteiger partial charge on any atom is -0.330 e. The summed E-state index contributed by atoms with van der Waals surface area (Å²) in [7, 11) is 2.27. The van der Waals surface area contributed by atoms with Crippen molar-refractivity contribution in [2.75, 3.05) is 20.1 Å². The highest BCUT2D eigenvalue weighted by Gasteiger charge is 2.29. The second-order valence-electron chi connectivity index (χ2n) is 6.08. The van der Waals surface area contributed by atoms with Gasteiger partial charge in [0.2, 0.25) is 0 Å². The zero-order valence-electron chi connectivity index (χ0n) is 12.4. The van der Waals surface area contributed by atoms with E-state index in [0.29, 0.717) is 12.0 Å². The molecule has 2 N–H and O–H groups in total. The normalized spacial score (nSPS) is 24.8. The molecule has 0 radical (unpaired) electrons. The number of benzene rings is 1. The Morgan fingerprint density at radius 1 is 1.26 bits per heavy atom. The van der Waals surface area contributed by atoms with Crippen molar-refractivity contribution in [1.29, 1.82) is 0 Å². The first-order chi connectivity index (χ1) is 9.22. The van der Waals surface area contributed by atoms with Gasteiger partial charge in [-0.2, -0.15) is 0 Å². The lowest BCUT2D eigenvalue weighted by Gasteiger charge is -2.30. The Balaban J connectivity index is 1.81. The molecule has 0 saturated heterocycles. The van der Waals surface area contributed by atoms with Gasteiger partial charge in [0.25, 0.3) is 0 Å². The van der Waals surface area contributed by atoms with Crippen molar-refractivity contribution in [2.24, 2.45) is 11.7 Å². The lowest BCUT2D eigenvalue weighted by Crippen LogP contribution is -2.38. The number of hydrogen-bond acceptors (Lipinski definition) is 2. The third-order valence-electron chi connectivity index (χ3n) is 4.77. The Morgan fingerprint density at radius 3 is 2.68 bits per heavy atom. The van der Waals surface area contributed by atoms with E-state index >= 15 is 0 Å². The molecule has 106 valence electrons. The van der Waals surface area contributed by atoms with Crippen molar-refractivity contribution >= 4 is 0 Å². The van der Waals surface area contributed by atoms with E-state index in [-0.39, 0.29) is 0 Å². The minimum absolute atomic E-state index is 0.640. The summed E-state index contributed by atoms with van der Waals surface area (Å²) in [6.45, 7) is 4.36. The summed E-state index contributed by atoms with van der Waals surface area (Å²) in [5, 5.41) is 0. The van der Waals surface area contributed by atoms with E-state index in [9.17, 15) is 0 Å². The van der Waals surface area contributed by atoms with Crippen LogP contribution in [0.2, 0.25) is 0 Å². The van der Waals surface area contributed by atoms with E-state index in [4.69, 9.17) is 5.73 Å². The van der Waals surface area contributed by atoms with E-state index in [1.54, 1.807) is 0 Å². The lowest BCUT2D eigenvalue weighted by molar-refractivity contribution is 0.195. The van der Waals surface area contributed by atoms with Crippen LogP contribution >= 0.6 is 0 Å². The van der Waals surface area contributed by atoms with Gasteiger partial charge >= 0.3 is 0 Å². The van der Waals surface area contributed by atoms with Gasteiger partial charge in [-0.1, -0.05) is 43.7 Å². The fraction of sp³-hybridized carbons (Fsp3) is 0.647. The Morgan fingerprint density at radius 2 is 2.00 bits per heavy atom. The lowest BCUT2D eigenvalue weighted by atomic mass is 9.96. The van der Waals surface area contributed by atoms with Gasteiger partial charge in [0, 0.05) is 6.04 Å². The third kappa shape index (κ3) is 3.80. The molecule has 1 aliphatic carbocycles. The Bertz CT molecular complexity index is 363. The van der Waals surface area contributed by atoms with Gasteiger partial charge in [0.05, 0.1) is 0 Å². The molecule has 2 nitrogen and oxygen atoms in total. The number of rotatable bonds is 6. The van der Waals surface area contributed by atoms with Crippen LogP contribution in [0, 0.1) is 5.92 Å². The SMILES string of the molecule is CC(CCN(C)C1CCCC1CN)c1ccccc1. The monoisotopic (exact) mass is 260 g/mol. The van der Waals surface area contributed by atoms with Gasteiger partial charge in [0.1, 0.15) is 0 Å². The van der Waals surface area contributed by atoms with E-state index in [1.807, 2.05) is 0 Å². The van der Waals surface area contributed by atoms with Crippen molar-refractivity contribution in [1.82, 2.24) is 4.90 Å². The summed E-state index contributed by atoms with van der Waals surface area (Å²) < 4.78 is 0. The van der Waals surface area contributed by atoms with Crippen LogP contribution in [-0.2, 0) is 0 Å². The van der Waals surface area contributed by atoms with Crippen molar-refractivity contribution in [3.8, 4) is 0 Å². The summed E-state index contributed by atoms with van der Waals surface area (Å²) in [6, 6.07) is 11.6. The molecule has 2 rings (SSSR count). The third-order valence-corrected chi connectivity index (χ3v) is 4.77. The van der Waals surface area contributed by atoms with Crippen LogP contribution < -0.4 is 5.73 Å². The van der Waals surface area contributed by atoms with E-state index < -0.39 is 0 Å². The van der Waals surface area contributed by atoms with Gasteiger partial charge in [-0.3, -0.25) is 0 Å². The fourth-order valence-electron chi connectivity index (χ4n) is 3.38. The van der Waals surface area contributed by atoms with E-state index in [0.717, 1.165) is 12.5 Å². The van der Waals surface area contributed by atoms with Crippen molar-refractivity contribution in [2.45, 2.75) is 44.6 Å². The van der Waals surface area contributed by atoms with Gasteiger partial charge in [-0.25, -0.2) is 0 Å². The predicted octanol–water partition coefficient (Wildman–Crippen LogP) is 3.24. The zero-order valence-corrected chi connectivity index (χ0v) is 12.4. The largest absolute Gasteiger partial charge is 0.330 e. The fourth-order valence-corrected chi connectivity index (χ4v) is 3.38. The molecule has 3 atom stereocenters. The molecule has 2 heteroatoms. The van der Waals surface area contributed by atoms with Crippen LogP contribution in [0.5, 0.6) is 0 Å². The van der Waals surface area contributed by atoms with Crippen LogP contribution in [-0.4, -0.2) is 31.1 Å². The van der Waals surface area contributed by atoms with E-state index in [2.05, 4.69) is 49.2 Å². The number of hydrogen-bond donors (Lipinski definition) is 1. The molecule has 0 amide bonds. The van der Waals surface area contributed by atoms with Gasteiger partial charge in [-0.15, -0.1) is 0 Å². The second-order valence-corrected chi connectivity index (χ2v) is 6.08. The maximum atomic E-state index is 5.88. The van der Waals surface area contributed by atoms with Crippen LogP contribution in [0.25, 0.3) is 0 Å². The van der Waals surface area contributed by atoms with E-state index in [1.165, 1.54) is 37.8 Å². The molecule has 3 unspecified atom stereocenters. The average molecular weight is 260 g/mol. The van der Waals surface area contributed by atoms with Crippen molar-refractivity contribution in [3.63, 3.8) is 0 Å². The van der Waals surface area contributed by atoms with Crippen LogP contribution in [0.4, 0.5) is 0 Å². The zero-order chi connectivity index (χ0) is 13.7. The van der Waals surface area contributed by atoms with Crippen molar-refractivity contribution in [3.05, 3.63) is 35.9 Å². The molecule has 1 fully saturated rings. The molecule has 0 aromatic heterocycles. The molecule has 0 heterocycles. The Kier molecular flexibility index (Phi) is 5.41. The highest BCUT2D eigenvalue weighted by molar-refractivity contribution is 5.18. The summed E-state index contributed by atoms with van der Waals surface area (Å²) >= 11 is 0. The smallest absolute Gasteiger partial charge is 0.0132 e. The Hall–Kier alpha value is -0.860. The summed E-state index contributed by atoms with van der Waals surface area (Å²) in [5.74, 6) is 1.36. The summed E-state index contributed by atoms with van der Waals surface area (Å²) in [6.07, 6.45) is 5.23. The molecule has 1 aromatic rings. The Labute approximate surface area is 118 Å². The first-order valence-electron chi connectivity index (χ1n) is 7.67. The molecular formula is C17H28N2. The molecular weight excluding hydrogens is 232 g/mol. The molecule has 1 aliphatic rings. The quantitative estimate of drug-likeness (QED) is 0.851. The topological polar surface area (TPSA) is 29.3 Å². The maximum Gasteiger partial charge on any atom is 0.0132 e. The van der Waals surface area contributed by atoms with Gasteiger partial charge in [0.15, 0.2) is 0 Å². The molecule has 0 bridgehead atoms. The molecule has 1 aromatic carbocycles. The van der Waals surface area contributed by atoms with Crippen LogP contribution in [0.1, 0.15) is 44.1 Å². The number of nitrogens with two attached hydrogens (primary N) is 1. The summed E-state index contributed by atoms with van der Waals surface area (Å²) in [5.41, 5.74) is 7.34. The standard InChI is InChI=1S/C17H28N2/c1-14(15-7-4-3-5-8-15)11-12-19(2)17-10-6-9-16(17)13-18/h3-5,7-8,14,16-17H,6,9-13,18H2,1-2H3. The number of nitrogens with zero attached hydrogens (tertiary/aromatic N) is 1. The average Bonchev–Trinajstić information content (AvgIpc) is 2.93. The van der Waals surface area contributed by atoms with Crippen LogP contribution in [0.3, 0.4) is 0 Å². The van der Waals surface area contributed by atoms with Gasteiger partial charge < -0.3 is 10.6 Å². The first-order valence-corrected chi connectivity index (χ1v) is 7.67. The molecule has 19 heavy (non-hydrogen) atoms. The van der Waals surface area contributed by atoms with Crippen LogP contribution in [0.15, 0.2) is 30.3 Å². The highest BCUT2D eigenvalue weighted by atomic mass is 15.1. The minimum atomic E-state index is 0.640. The van der Waals surface area contributed by atoms with Crippen molar-refractivity contribution < 1.29 is 0 Å². The highest BCUT2D eigenvalue weighted by Crippen LogP contribution is 2.29. The molecule has 0 spiro atoms. The first kappa shape index (κ1) is 14.5. The van der Waals surface area contributed by atoms with Gasteiger partial charge in [-0.05, 0) is 56.8 Å². The second kappa shape index (κ2) is 7.06. The maximum absolute atomic E-state index is 5.88. The summed E-state index contributed by atoms with van der Waals surface area (Å²) in [4.78, 5) is 2.55.